The van der Waals surface area contributed by atoms with Crippen LogP contribution in [0.2, 0.25) is 0 Å². The summed E-state index contributed by atoms with van der Waals surface area (Å²) in [7, 11) is 0. The highest BCUT2D eigenvalue weighted by atomic mass is 32.2. The number of carboxylic acids is 1. The number of hydrogen-bond acceptors (Lipinski definition) is 4. The standard InChI is InChI=1S/C23H32O4S/c24-18(15-17-7-3-1-4-8-17)10-11-19-20(22-13-12-21(19)27-22)16-28-14-6-2-5-9-23(25)26/h1,3-4,7-8,10-11,18-22,24H,2,5-6,9,12-16H2,(H,25,26)/b11-10+/t18?,19-,20+,21-,22+/m0/s1. The van der Waals surface area contributed by atoms with Crippen molar-refractivity contribution in [1.82, 2.24) is 0 Å². The van der Waals surface area contributed by atoms with E-state index >= 15 is 0 Å². The number of aliphatic hydroxyl groups excluding tert-OH is 1. The fourth-order valence-electron chi connectivity index (χ4n) is 4.35. The molecule has 1 unspecified atom stereocenters. The average molecular weight is 405 g/mol. The Bertz CT molecular complexity index is 633. The highest BCUT2D eigenvalue weighted by Crippen LogP contribution is 2.45. The van der Waals surface area contributed by atoms with E-state index < -0.39 is 12.1 Å². The van der Waals surface area contributed by atoms with Gasteiger partial charge in [0.15, 0.2) is 0 Å². The van der Waals surface area contributed by atoms with Crippen molar-refractivity contribution in [1.29, 1.82) is 0 Å². The molecule has 0 aromatic heterocycles. The van der Waals surface area contributed by atoms with E-state index in [1.807, 2.05) is 48.2 Å². The molecule has 2 N–H and O–H groups in total. The predicted octanol–water partition coefficient (Wildman–Crippen LogP) is 4.32. The number of thioether (sulfide) groups is 1. The lowest BCUT2D eigenvalue weighted by Gasteiger charge is -2.25. The van der Waals surface area contributed by atoms with Crippen LogP contribution in [0.3, 0.4) is 0 Å². The molecule has 0 amide bonds. The SMILES string of the molecule is O=C(O)CCCCCSC[C@@H]1[C@H](/C=C/C(O)Cc2ccccc2)[C@@H]2CC[C@H]1O2. The molecule has 1 aromatic rings. The first-order valence-electron chi connectivity index (χ1n) is 10.5. The van der Waals surface area contributed by atoms with E-state index in [2.05, 4.69) is 6.08 Å². The molecule has 5 atom stereocenters. The van der Waals surface area contributed by atoms with E-state index in [1.54, 1.807) is 0 Å². The van der Waals surface area contributed by atoms with E-state index in [9.17, 15) is 9.90 Å². The molecule has 0 aliphatic carbocycles. The monoisotopic (exact) mass is 404 g/mol. The van der Waals surface area contributed by atoms with Gasteiger partial charge in [0.2, 0.25) is 0 Å². The zero-order valence-electron chi connectivity index (χ0n) is 16.4. The number of carbonyl (C=O) groups is 1. The van der Waals surface area contributed by atoms with Crippen molar-refractivity contribution < 1.29 is 19.7 Å². The van der Waals surface area contributed by atoms with Crippen molar-refractivity contribution in [3.05, 3.63) is 48.0 Å². The maximum absolute atomic E-state index is 10.5. The number of rotatable bonds is 12. The zero-order valence-corrected chi connectivity index (χ0v) is 17.2. The van der Waals surface area contributed by atoms with Crippen LogP contribution >= 0.6 is 11.8 Å². The maximum Gasteiger partial charge on any atom is 0.303 e. The summed E-state index contributed by atoms with van der Waals surface area (Å²) < 4.78 is 6.16. The Labute approximate surface area is 172 Å². The number of fused-ring (bicyclic) bond motifs is 2. The molecule has 5 heteroatoms. The lowest BCUT2D eigenvalue weighted by atomic mass is 9.80. The molecule has 2 aliphatic rings. The first-order chi connectivity index (χ1) is 13.6. The van der Waals surface area contributed by atoms with E-state index in [0.29, 0.717) is 30.5 Å². The molecule has 4 nitrogen and oxygen atoms in total. The van der Waals surface area contributed by atoms with Gasteiger partial charge in [-0.05, 0) is 42.8 Å². The number of hydrogen-bond donors (Lipinski definition) is 2. The van der Waals surface area contributed by atoms with E-state index in [0.717, 1.165) is 49.2 Å². The van der Waals surface area contributed by atoms with Crippen LogP contribution in [0.4, 0.5) is 0 Å². The van der Waals surface area contributed by atoms with Crippen molar-refractivity contribution in [3.8, 4) is 0 Å². The van der Waals surface area contributed by atoms with Crippen LogP contribution in [0.15, 0.2) is 42.5 Å². The van der Waals surface area contributed by atoms with E-state index in [4.69, 9.17) is 9.84 Å². The van der Waals surface area contributed by atoms with Crippen molar-refractivity contribution in [2.24, 2.45) is 11.8 Å². The molecule has 2 saturated heterocycles. The smallest absolute Gasteiger partial charge is 0.303 e. The quantitative estimate of drug-likeness (QED) is 0.401. The zero-order chi connectivity index (χ0) is 19.8. The summed E-state index contributed by atoms with van der Waals surface area (Å²) in [6.45, 7) is 0. The van der Waals surface area contributed by atoms with E-state index in [-0.39, 0.29) is 6.42 Å². The third-order valence-electron chi connectivity index (χ3n) is 5.82. The summed E-state index contributed by atoms with van der Waals surface area (Å²) in [6.07, 6.45) is 10.4. The van der Waals surface area contributed by atoms with Gasteiger partial charge in [0.25, 0.3) is 0 Å². The molecular weight excluding hydrogens is 372 g/mol. The summed E-state index contributed by atoms with van der Waals surface area (Å²) in [5.41, 5.74) is 1.15. The van der Waals surface area contributed by atoms with Crippen molar-refractivity contribution in [2.75, 3.05) is 11.5 Å². The van der Waals surface area contributed by atoms with Gasteiger partial charge in [-0.25, -0.2) is 0 Å². The Morgan fingerprint density at radius 3 is 2.75 bits per heavy atom. The highest BCUT2D eigenvalue weighted by Gasteiger charge is 2.47. The third kappa shape index (κ3) is 6.36. The molecule has 3 rings (SSSR count). The Kier molecular flexibility index (Phi) is 8.44. The number of aliphatic hydroxyl groups is 1. The summed E-state index contributed by atoms with van der Waals surface area (Å²) in [6, 6.07) is 10.1. The number of aliphatic carboxylic acids is 1. The fraction of sp³-hybridized carbons (Fsp3) is 0.609. The molecule has 154 valence electrons. The summed E-state index contributed by atoms with van der Waals surface area (Å²) in [4.78, 5) is 10.5. The van der Waals surface area contributed by atoms with Crippen molar-refractivity contribution in [3.63, 3.8) is 0 Å². The lowest BCUT2D eigenvalue weighted by molar-refractivity contribution is -0.137. The highest BCUT2D eigenvalue weighted by molar-refractivity contribution is 7.99. The Morgan fingerprint density at radius 2 is 1.96 bits per heavy atom. The molecular formula is C23H32O4S. The summed E-state index contributed by atoms with van der Waals surface area (Å²) >= 11 is 1.97. The molecule has 2 heterocycles. The Hall–Kier alpha value is -1.30. The second-order valence-electron chi connectivity index (χ2n) is 7.95. The maximum atomic E-state index is 10.5. The number of ether oxygens (including phenoxy) is 1. The van der Waals surface area contributed by atoms with Crippen molar-refractivity contribution in [2.45, 2.75) is 63.3 Å². The second-order valence-corrected chi connectivity index (χ2v) is 9.10. The van der Waals surface area contributed by atoms with Crippen LogP contribution < -0.4 is 0 Å². The van der Waals surface area contributed by atoms with Gasteiger partial charge in [-0.15, -0.1) is 0 Å². The van der Waals surface area contributed by atoms with Gasteiger partial charge >= 0.3 is 5.97 Å². The molecule has 2 fully saturated rings. The van der Waals surface area contributed by atoms with Gasteiger partial charge in [0.1, 0.15) is 0 Å². The summed E-state index contributed by atoms with van der Waals surface area (Å²) in [5.74, 6) is 2.41. The predicted molar refractivity (Wildman–Crippen MR) is 114 cm³/mol. The van der Waals surface area contributed by atoms with Gasteiger partial charge in [0.05, 0.1) is 18.3 Å². The minimum atomic E-state index is -0.698. The topological polar surface area (TPSA) is 66.8 Å². The van der Waals surface area contributed by atoms with Crippen LogP contribution in [-0.4, -0.2) is 46.0 Å². The largest absolute Gasteiger partial charge is 0.481 e. The van der Waals surface area contributed by atoms with Crippen LogP contribution in [0.25, 0.3) is 0 Å². The van der Waals surface area contributed by atoms with Crippen LogP contribution in [0, 0.1) is 11.8 Å². The molecule has 2 aliphatic heterocycles. The molecule has 1 aromatic carbocycles. The molecule has 0 saturated carbocycles. The van der Waals surface area contributed by atoms with Gasteiger partial charge in [0, 0.05) is 24.7 Å². The third-order valence-corrected chi connectivity index (χ3v) is 7.02. The minimum absolute atomic E-state index is 0.281. The molecule has 2 bridgehead atoms. The first-order valence-corrected chi connectivity index (χ1v) is 11.6. The second kappa shape index (κ2) is 11.0. The first kappa shape index (κ1) is 21.4. The van der Waals surface area contributed by atoms with E-state index in [1.165, 1.54) is 0 Å². The fourth-order valence-corrected chi connectivity index (χ4v) is 5.64. The van der Waals surface area contributed by atoms with Gasteiger partial charge in [-0.2, -0.15) is 11.8 Å². The Balaban J connectivity index is 1.42. The van der Waals surface area contributed by atoms with Crippen LogP contribution in [0.5, 0.6) is 0 Å². The average Bonchev–Trinajstić information content (AvgIpc) is 3.28. The lowest BCUT2D eigenvalue weighted by Crippen LogP contribution is -2.28. The van der Waals surface area contributed by atoms with Gasteiger partial charge in [-0.3, -0.25) is 4.79 Å². The number of unbranched alkanes of at least 4 members (excludes halogenated alkanes) is 2. The summed E-state index contributed by atoms with van der Waals surface area (Å²) in [5, 5.41) is 19.1. The molecule has 0 spiro atoms. The Morgan fingerprint density at radius 1 is 1.18 bits per heavy atom. The van der Waals surface area contributed by atoms with Gasteiger partial charge < -0.3 is 14.9 Å². The molecule has 28 heavy (non-hydrogen) atoms. The van der Waals surface area contributed by atoms with Crippen LogP contribution in [-0.2, 0) is 16.0 Å². The normalized spacial score (nSPS) is 27.5. The van der Waals surface area contributed by atoms with Crippen molar-refractivity contribution >= 4 is 17.7 Å². The molecule has 0 radical (unpaired) electrons. The van der Waals surface area contributed by atoms with Gasteiger partial charge in [-0.1, -0.05) is 48.9 Å². The number of carboxylic acid groups (broad SMARTS) is 1. The number of benzene rings is 1. The van der Waals surface area contributed by atoms with Crippen LogP contribution in [0.1, 0.15) is 44.1 Å². The minimum Gasteiger partial charge on any atom is -0.481 e.